The summed E-state index contributed by atoms with van der Waals surface area (Å²) in [6.07, 6.45) is 0.970. The number of halogens is 1. The molecule has 3 N–H and O–H groups in total. The minimum Gasteiger partial charge on any atom is -0.497 e. The van der Waals surface area contributed by atoms with Gasteiger partial charge >= 0.3 is 0 Å². The van der Waals surface area contributed by atoms with Crippen molar-refractivity contribution in [2.24, 2.45) is 4.99 Å². The first kappa shape index (κ1) is 26.1. The molecular formula is C21H36IN5O3. The molecule has 1 unspecified atom stereocenters. The molecule has 0 bridgehead atoms. The van der Waals surface area contributed by atoms with E-state index in [-0.39, 0.29) is 48.0 Å². The molecule has 1 atom stereocenters. The highest BCUT2D eigenvalue weighted by atomic mass is 127. The molecule has 0 aromatic heterocycles. The van der Waals surface area contributed by atoms with Crippen molar-refractivity contribution in [3.63, 3.8) is 0 Å². The smallest absolute Gasteiger partial charge is 0.242 e. The zero-order valence-corrected chi connectivity index (χ0v) is 21.2. The number of rotatable bonds is 7. The first-order valence-electron chi connectivity index (χ1n) is 10.1. The van der Waals surface area contributed by atoms with Gasteiger partial charge in [0.25, 0.3) is 0 Å². The lowest BCUT2D eigenvalue weighted by molar-refractivity contribution is -0.121. The number of nitrogens with zero attached hydrogens (tertiary/aromatic N) is 2. The van der Waals surface area contributed by atoms with Gasteiger partial charge in [-0.25, -0.2) is 4.99 Å². The number of hydrogen-bond donors (Lipinski definition) is 3. The highest BCUT2D eigenvalue weighted by molar-refractivity contribution is 14.0. The standard InChI is InChI=1S/C21H35N5O3.HI/c1-7-22-20(23-13-19(27)25-21(2,3)4)24-15-8-9-26(14-15)16-10-17(28-5)12-18(11-16)29-6;/h10-12,15H,7-9,13-14H2,1-6H3,(H,25,27)(H2,22,23,24);1H. The molecule has 1 amide bonds. The van der Waals surface area contributed by atoms with Crippen LogP contribution in [0.5, 0.6) is 11.5 Å². The van der Waals surface area contributed by atoms with Gasteiger partial charge in [-0.1, -0.05) is 0 Å². The van der Waals surface area contributed by atoms with Crippen LogP contribution < -0.4 is 30.3 Å². The quantitative estimate of drug-likeness (QED) is 0.284. The molecule has 0 aliphatic carbocycles. The summed E-state index contributed by atoms with van der Waals surface area (Å²) in [7, 11) is 3.31. The van der Waals surface area contributed by atoms with Gasteiger partial charge in [-0.05, 0) is 34.1 Å². The zero-order chi connectivity index (χ0) is 21.4. The third kappa shape index (κ3) is 8.45. The molecule has 1 saturated heterocycles. The van der Waals surface area contributed by atoms with E-state index in [1.54, 1.807) is 14.2 Å². The van der Waals surface area contributed by atoms with Crippen LogP contribution in [-0.2, 0) is 4.79 Å². The number of hydrogen-bond acceptors (Lipinski definition) is 5. The van der Waals surface area contributed by atoms with Crippen molar-refractivity contribution in [2.45, 2.75) is 45.7 Å². The Labute approximate surface area is 197 Å². The van der Waals surface area contributed by atoms with Gasteiger partial charge in [0.2, 0.25) is 5.91 Å². The van der Waals surface area contributed by atoms with Crippen molar-refractivity contribution in [2.75, 3.05) is 45.3 Å². The molecule has 30 heavy (non-hydrogen) atoms. The number of amides is 1. The summed E-state index contributed by atoms with van der Waals surface area (Å²) in [5.74, 6) is 2.11. The van der Waals surface area contributed by atoms with Crippen LogP contribution in [0.25, 0.3) is 0 Å². The van der Waals surface area contributed by atoms with Gasteiger partial charge in [0.15, 0.2) is 5.96 Å². The van der Waals surface area contributed by atoms with Gasteiger partial charge in [-0.2, -0.15) is 0 Å². The largest absolute Gasteiger partial charge is 0.497 e. The average Bonchev–Trinajstić information content (AvgIpc) is 3.13. The summed E-state index contributed by atoms with van der Waals surface area (Å²) in [5.41, 5.74) is 0.805. The lowest BCUT2D eigenvalue weighted by Gasteiger charge is -2.22. The number of anilines is 1. The molecule has 1 aromatic rings. The van der Waals surface area contributed by atoms with E-state index < -0.39 is 0 Å². The number of ether oxygens (including phenoxy) is 2. The van der Waals surface area contributed by atoms with E-state index in [0.29, 0.717) is 5.96 Å². The number of carbonyl (C=O) groups excluding carboxylic acids is 1. The highest BCUT2D eigenvalue weighted by Gasteiger charge is 2.24. The minimum absolute atomic E-state index is 0. The summed E-state index contributed by atoms with van der Waals surface area (Å²) in [6, 6.07) is 6.13. The predicted octanol–water partition coefficient (Wildman–Crippen LogP) is 2.37. The van der Waals surface area contributed by atoms with Crippen molar-refractivity contribution in [1.29, 1.82) is 0 Å². The van der Waals surface area contributed by atoms with E-state index in [0.717, 1.165) is 43.2 Å². The second kappa shape index (κ2) is 12.1. The Bertz CT molecular complexity index is 699. The van der Waals surface area contributed by atoms with Crippen LogP contribution in [0.2, 0.25) is 0 Å². The van der Waals surface area contributed by atoms with Crippen LogP contribution in [0.4, 0.5) is 5.69 Å². The molecule has 1 aliphatic rings. The number of carbonyl (C=O) groups is 1. The van der Waals surface area contributed by atoms with Crippen molar-refractivity contribution in [3.8, 4) is 11.5 Å². The second-order valence-electron chi connectivity index (χ2n) is 8.14. The Balaban J connectivity index is 0.00000450. The first-order valence-corrected chi connectivity index (χ1v) is 10.1. The number of aliphatic imine (C=N–C) groups is 1. The van der Waals surface area contributed by atoms with Gasteiger partial charge < -0.3 is 30.3 Å². The maximum absolute atomic E-state index is 12.1. The van der Waals surface area contributed by atoms with E-state index in [2.05, 4.69) is 25.8 Å². The molecule has 170 valence electrons. The molecule has 1 aliphatic heterocycles. The molecule has 1 heterocycles. The van der Waals surface area contributed by atoms with Crippen LogP contribution in [0.1, 0.15) is 34.1 Å². The molecule has 1 aromatic carbocycles. The lowest BCUT2D eigenvalue weighted by Crippen LogP contribution is -2.46. The summed E-state index contributed by atoms with van der Waals surface area (Å²) >= 11 is 0. The van der Waals surface area contributed by atoms with Gasteiger partial charge in [-0.3, -0.25) is 4.79 Å². The van der Waals surface area contributed by atoms with E-state index in [4.69, 9.17) is 9.47 Å². The van der Waals surface area contributed by atoms with Crippen molar-refractivity contribution >= 4 is 41.5 Å². The molecule has 8 nitrogen and oxygen atoms in total. The summed E-state index contributed by atoms with van der Waals surface area (Å²) in [6.45, 7) is 10.4. The molecule has 0 saturated carbocycles. The molecule has 0 radical (unpaired) electrons. The Morgan fingerprint density at radius 1 is 1.20 bits per heavy atom. The normalized spacial score (nSPS) is 16.5. The Kier molecular flexibility index (Phi) is 10.5. The predicted molar refractivity (Wildman–Crippen MR) is 133 cm³/mol. The molecule has 0 spiro atoms. The monoisotopic (exact) mass is 533 g/mol. The van der Waals surface area contributed by atoms with Crippen LogP contribution >= 0.6 is 24.0 Å². The van der Waals surface area contributed by atoms with Crippen LogP contribution in [0.3, 0.4) is 0 Å². The fourth-order valence-electron chi connectivity index (χ4n) is 3.21. The van der Waals surface area contributed by atoms with E-state index >= 15 is 0 Å². The van der Waals surface area contributed by atoms with Gasteiger partial charge in [0.1, 0.15) is 18.0 Å². The molecular weight excluding hydrogens is 497 g/mol. The van der Waals surface area contributed by atoms with Gasteiger partial charge in [-0.15, -0.1) is 24.0 Å². The van der Waals surface area contributed by atoms with Gasteiger partial charge in [0, 0.05) is 55.1 Å². The van der Waals surface area contributed by atoms with E-state index in [9.17, 15) is 4.79 Å². The fourth-order valence-corrected chi connectivity index (χ4v) is 3.21. The van der Waals surface area contributed by atoms with Crippen molar-refractivity contribution in [3.05, 3.63) is 18.2 Å². The lowest BCUT2D eigenvalue weighted by atomic mass is 10.1. The van der Waals surface area contributed by atoms with E-state index in [1.807, 2.05) is 45.9 Å². The molecule has 2 rings (SSSR count). The number of methoxy groups -OCH3 is 2. The first-order chi connectivity index (χ1) is 13.7. The number of nitrogens with one attached hydrogen (secondary N) is 3. The number of benzene rings is 1. The van der Waals surface area contributed by atoms with Crippen LogP contribution in [0, 0.1) is 0 Å². The molecule has 1 fully saturated rings. The summed E-state index contributed by atoms with van der Waals surface area (Å²) in [4.78, 5) is 18.8. The summed E-state index contributed by atoms with van der Waals surface area (Å²) in [5, 5.41) is 9.59. The van der Waals surface area contributed by atoms with Crippen LogP contribution in [0.15, 0.2) is 23.2 Å². The second-order valence-corrected chi connectivity index (χ2v) is 8.14. The maximum atomic E-state index is 12.1. The van der Waals surface area contributed by atoms with Gasteiger partial charge in [0.05, 0.1) is 14.2 Å². The maximum Gasteiger partial charge on any atom is 0.242 e. The third-order valence-electron chi connectivity index (χ3n) is 4.47. The topological polar surface area (TPSA) is 87.2 Å². The Hall–Kier alpha value is -1.91. The van der Waals surface area contributed by atoms with Crippen molar-refractivity contribution in [1.82, 2.24) is 16.0 Å². The van der Waals surface area contributed by atoms with E-state index in [1.165, 1.54) is 0 Å². The third-order valence-corrected chi connectivity index (χ3v) is 4.47. The van der Waals surface area contributed by atoms with Crippen LogP contribution in [-0.4, -0.2) is 63.8 Å². The fraction of sp³-hybridized carbons (Fsp3) is 0.619. The SMILES string of the molecule is CCNC(=NCC(=O)NC(C)(C)C)NC1CCN(c2cc(OC)cc(OC)c2)C1.I. The minimum atomic E-state index is -0.262. The molecule has 9 heteroatoms. The Morgan fingerprint density at radius 3 is 2.37 bits per heavy atom. The average molecular weight is 533 g/mol. The number of guanidine groups is 1. The summed E-state index contributed by atoms with van der Waals surface area (Å²) < 4.78 is 10.8. The highest BCUT2D eigenvalue weighted by Crippen LogP contribution is 2.30. The zero-order valence-electron chi connectivity index (χ0n) is 18.9. The van der Waals surface area contributed by atoms with Crippen molar-refractivity contribution < 1.29 is 14.3 Å². The Morgan fingerprint density at radius 2 is 1.83 bits per heavy atom.